The smallest absolute Gasteiger partial charge is 0.140 e. The molecule has 2 nitrogen and oxygen atoms in total. The minimum absolute atomic E-state index is 0.0195. The van der Waals surface area contributed by atoms with E-state index in [0.29, 0.717) is 11.7 Å². The van der Waals surface area contributed by atoms with E-state index < -0.39 is 0 Å². The molecule has 106 valence electrons. The van der Waals surface area contributed by atoms with Gasteiger partial charge in [-0.3, -0.25) is 4.79 Å². The number of rotatable bonds is 9. The monoisotopic (exact) mass is 253 g/mol. The molecule has 18 heavy (non-hydrogen) atoms. The van der Waals surface area contributed by atoms with Crippen molar-refractivity contribution >= 4 is 5.78 Å². The average Bonchev–Trinajstić information content (AvgIpc) is 2.84. The van der Waals surface area contributed by atoms with Crippen LogP contribution >= 0.6 is 0 Å². The minimum Gasteiger partial charge on any atom is -0.316 e. The van der Waals surface area contributed by atoms with E-state index in [1.807, 2.05) is 0 Å². The second kappa shape index (κ2) is 7.93. The average molecular weight is 253 g/mol. The van der Waals surface area contributed by atoms with Crippen LogP contribution in [0.5, 0.6) is 0 Å². The van der Waals surface area contributed by atoms with Crippen LogP contribution in [-0.2, 0) is 4.79 Å². The topological polar surface area (TPSA) is 29.1 Å². The van der Waals surface area contributed by atoms with Gasteiger partial charge in [0.2, 0.25) is 0 Å². The molecule has 0 aromatic heterocycles. The summed E-state index contributed by atoms with van der Waals surface area (Å²) in [7, 11) is 0. The summed E-state index contributed by atoms with van der Waals surface area (Å²) in [6.45, 7) is 8.60. The van der Waals surface area contributed by atoms with E-state index in [9.17, 15) is 4.79 Å². The second-order valence-electron chi connectivity index (χ2n) is 6.00. The van der Waals surface area contributed by atoms with Crippen molar-refractivity contribution in [3.05, 3.63) is 0 Å². The molecule has 1 heterocycles. The van der Waals surface area contributed by atoms with Crippen LogP contribution in [0.25, 0.3) is 0 Å². The van der Waals surface area contributed by atoms with Gasteiger partial charge in [0.25, 0.3) is 0 Å². The summed E-state index contributed by atoms with van der Waals surface area (Å²) in [6.07, 6.45) is 8.97. The van der Waals surface area contributed by atoms with Gasteiger partial charge < -0.3 is 5.32 Å². The quantitative estimate of drug-likeness (QED) is 0.674. The largest absolute Gasteiger partial charge is 0.316 e. The molecule has 1 N–H and O–H groups in total. The van der Waals surface area contributed by atoms with Crippen molar-refractivity contribution in [2.45, 2.75) is 72.1 Å². The first-order valence-electron chi connectivity index (χ1n) is 7.92. The molecule has 0 spiro atoms. The third kappa shape index (κ3) is 4.08. The molecule has 0 aromatic rings. The van der Waals surface area contributed by atoms with Gasteiger partial charge in [0.15, 0.2) is 0 Å². The van der Waals surface area contributed by atoms with Crippen molar-refractivity contribution < 1.29 is 4.79 Å². The number of carbonyl (C=O) groups excluding carboxylic acids is 1. The summed E-state index contributed by atoms with van der Waals surface area (Å²) in [4.78, 5) is 12.6. The molecular weight excluding hydrogens is 222 g/mol. The highest BCUT2D eigenvalue weighted by Gasteiger charge is 2.40. The molecule has 1 fully saturated rings. The maximum absolute atomic E-state index is 12.6. The second-order valence-corrected chi connectivity index (χ2v) is 6.00. The van der Waals surface area contributed by atoms with Crippen molar-refractivity contribution in [1.82, 2.24) is 5.32 Å². The molecule has 0 saturated carbocycles. The van der Waals surface area contributed by atoms with Crippen molar-refractivity contribution in [2.24, 2.45) is 11.3 Å². The Kier molecular flexibility index (Phi) is 6.91. The molecule has 0 radical (unpaired) electrons. The maximum atomic E-state index is 12.6. The zero-order valence-electron chi connectivity index (χ0n) is 12.6. The summed E-state index contributed by atoms with van der Waals surface area (Å²) < 4.78 is 0. The van der Waals surface area contributed by atoms with Crippen LogP contribution in [0.2, 0.25) is 0 Å². The predicted octanol–water partition coefficient (Wildman–Crippen LogP) is 3.94. The Hall–Kier alpha value is -0.370. The molecule has 1 aliphatic rings. The molecule has 2 heteroatoms. The Morgan fingerprint density at radius 3 is 2.56 bits per heavy atom. The van der Waals surface area contributed by atoms with Gasteiger partial charge in [0.05, 0.1) is 0 Å². The van der Waals surface area contributed by atoms with Gasteiger partial charge in [0.1, 0.15) is 5.78 Å². The molecule has 2 unspecified atom stereocenters. The van der Waals surface area contributed by atoms with E-state index in [0.717, 1.165) is 45.2 Å². The molecule has 0 amide bonds. The van der Waals surface area contributed by atoms with Crippen LogP contribution in [-0.4, -0.2) is 18.9 Å². The standard InChI is InChI=1S/C16H31NO/c1-4-7-8-14(6-3)12-15(18)16(9-5-2)10-11-17-13-16/h14,17H,4-13H2,1-3H3. The van der Waals surface area contributed by atoms with E-state index in [1.54, 1.807) is 0 Å². The van der Waals surface area contributed by atoms with Gasteiger partial charge in [-0.15, -0.1) is 0 Å². The zero-order valence-corrected chi connectivity index (χ0v) is 12.6. The normalized spacial score (nSPS) is 25.3. The van der Waals surface area contributed by atoms with Crippen molar-refractivity contribution in [3.8, 4) is 0 Å². The fourth-order valence-corrected chi connectivity index (χ4v) is 3.24. The number of hydrogen-bond acceptors (Lipinski definition) is 2. The van der Waals surface area contributed by atoms with Crippen molar-refractivity contribution in [2.75, 3.05) is 13.1 Å². The lowest BCUT2D eigenvalue weighted by Crippen LogP contribution is -2.34. The van der Waals surface area contributed by atoms with Gasteiger partial charge in [-0.1, -0.05) is 52.9 Å². The molecule has 0 aromatic carbocycles. The molecule has 0 bridgehead atoms. The number of nitrogens with one attached hydrogen (secondary N) is 1. The lowest BCUT2D eigenvalue weighted by molar-refractivity contribution is -0.129. The van der Waals surface area contributed by atoms with Gasteiger partial charge in [-0.2, -0.15) is 0 Å². The molecular formula is C16H31NO. The van der Waals surface area contributed by atoms with E-state index in [1.165, 1.54) is 19.3 Å². The Morgan fingerprint density at radius 2 is 2.06 bits per heavy atom. The van der Waals surface area contributed by atoms with E-state index >= 15 is 0 Å². The summed E-state index contributed by atoms with van der Waals surface area (Å²) >= 11 is 0. The minimum atomic E-state index is -0.0195. The fourth-order valence-electron chi connectivity index (χ4n) is 3.24. The van der Waals surface area contributed by atoms with Crippen molar-refractivity contribution in [3.63, 3.8) is 0 Å². The lowest BCUT2D eigenvalue weighted by Gasteiger charge is -2.28. The fraction of sp³-hybridized carbons (Fsp3) is 0.938. The SMILES string of the molecule is CCCCC(CC)CC(=O)C1(CCC)CCNC1. The first kappa shape index (κ1) is 15.7. The summed E-state index contributed by atoms with van der Waals surface area (Å²) in [5, 5.41) is 3.39. The van der Waals surface area contributed by atoms with Gasteiger partial charge in [-0.25, -0.2) is 0 Å². The Morgan fingerprint density at radius 1 is 1.28 bits per heavy atom. The number of Topliss-reactive ketones (excluding diaryl/α,β-unsaturated/α-hetero) is 1. The summed E-state index contributed by atoms with van der Waals surface area (Å²) in [5.41, 5.74) is -0.0195. The van der Waals surface area contributed by atoms with Gasteiger partial charge >= 0.3 is 0 Å². The highest BCUT2D eigenvalue weighted by molar-refractivity contribution is 5.85. The zero-order chi connectivity index (χ0) is 13.4. The van der Waals surface area contributed by atoms with E-state index in [4.69, 9.17) is 0 Å². The van der Waals surface area contributed by atoms with Crippen LogP contribution in [0.15, 0.2) is 0 Å². The molecule has 0 aliphatic carbocycles. The first-order chi connectivity index (χ1) is 8.68. The Labute approximate surface area is 113 Å². The predicted molar refractivity (Wildman–Crippen MR) is 77.8 cm³/mol. The number of ketones is 1. The third-order valence-corrected chi connectivity index (χ3v) is 4.58. The van der Waals surface area contributed by atoms with Crippen LogP contribution < -0.4 is 5.32 Å². The number of hydrogen-bond donors (Lipinski definition) is 1. The van der Waals surface area contributed by atoms with Crippen LogP contribution in [0.3, 0.4) is 0 Å². The Balaban J connectivity index is 2.54. The Bertz CT molecular complexity index is 243. The molecule has 1 saturated heterocycles. The molecule has 2 atom stereocenters. The first-order valence-corrected chi connectivity index (χ1v) is 7.92. The van der Waals surface area contributed by atoms with Crippen molar-refractivity contribution in [1.29, 1.82) is 0 Å². The van der Waals surface area contributed by atoms with Crippen LogP contribution in [0, 0.1) is 11.3 Å². The molecule has 1 rings (SSSR count). The van der Waals surface area contributed by atoms with E-state index in [2.05, 4.69) is 26.1 Å². The highest BCUT2D eigenvalue weighted by Crippen LogP contribution is 2.35. The van der Waals surface area contributed by atoms with Crippen LogP contribution in [0.4, 0.5) is 0 Å². The molecule has 1 aliphatic heterocycles. The third-order valence-electron chi connectivity index (χ3n) is 4.58. The number of carbonyl (C=O) groups is 1. The number of unbranched alkanes of at least 4 members (excludes halogenated alkanes) is 1. The van der Waals surface area contributed by atoms with Crippen LogP contribution in [0.1, 0.15) is 72.1 Å². The summed E-state index contributed by atoms with van der Waals surface area (Å²) in [6, 6.07) is 0. The van der Waals surface area contributed by atoms with E-state index in [-0.39, 0.29) is 5.41 Å². The van der Waals surface area contributed by atoms with Gasteiger partial charge in [-0.05, 0) is 25.3 Å². The lowest BCUT2D eigenvalue weighted by atomic mass is 9.75. The maximum Gasteiger partial charge on any atom is 0.140 e. The highest BCUT2D eigenvalue weighted by atomic mass is 16.1. The summed E-state index contributed by atoms with van der Waals surface area (Å²) in [5.74, 6) is 1.16. The van der Waals surface area contributed by atoms with Gasteiger partial charge in [0, 0.05) is 18.4 Å².